The monoisotopic (exact) mass is 269 g/mol. The second kappa shape index (κ2) is 6.48. The number of likely N-dealkylation sites (tertiary alicyclic amines) is 1. The highest BCUT2D eigenvalue weighted by atomic mass is 32.1. The van der Waals surface area contributed by atoms with E-state index in [0.717, 1.165) is 32.4 Å². The van der Waals surface area contributed by atoms with Gasteiger partial charge in [-0.05, 0) is 31.6 Å². The van der Waals surface area contributed by atoms with Crippen molar-refractivity contribution in [3.05, 3.63) is 0 Å². The molecule has 5 heteroatoms. The van der Waals surface area contributed by atoms with Gasteiger partial charge in [0.15, 0.2) is 0 Å². The van der Waals surface area contributed by atoms with Gasteiger partial charge in [0.25, 0.3) is 0 Å². The molecule has 1 saturated heterocycles. The summed E-state index contributed by atoms with van der Waals surface area (Å²) in [6, 6.07) is 0.347. The van der Waals surface area contributed by atoms with Crippen LogP contribution in [0.4, 0.5) is 0 Å². The first-order valence-corrected chi connectivity index (χ1v) is 7.34. The van der Waals surface area contributed by atoms with E-state index in [1.165, 1.54) is 19.3 Å². The second-order valence-corrected chi connectivity index (χ2v) is 6.11. The molecule has 2 rings (SSSR count). The molecule has 0 radical (unpaired) electrons. The molecule has 0 aromatic heterocycles. The molecule has 1 amide bonds. The quantitative estimate of drug-likeness (QED) is 0.732. The molecule has 1 aliphatic heterocycles. The number of carbonyl (C=O) groups is 1. The number of hydrogen-bond acceptors (Lipinski definition) is 3. The van der Waals surface area contributed by atoms with Crippen LogP contribution >= 0.6 is 12.2 Å². The molecule has 4 nitrogen and oxygen atoms in total. The third-order valence-corrected chi connectivity index (χ3v) is 4.16. The Labute approximate surface area is 114 Å². The lowest BCUT2D eigenvalue weighted by molar-refractivity contribution is -0.123. The van der Waals surface area contributed by atoms with E-state index in [4.69, 9.17) is 18.0 Å². The van der Waals surface area contributed by atoms with Gasteiger partial charge in [0.05, 0.1) is 4.99 Å². The van der Waals surface area contributed by atoms with Gasteiger partial charge in [0.1, 0.15) is 0 Å². The number of rotatable bonds is 5. The molecule has 0 unspecified atom stereocenters. The predicted octanol–water partition coefficient (Wildman–Crippen LogP) is 1.04. The number of thiocarbonyl (C=S) groups is 1. The van der Waals surface area contributed by atoms with Gasteiger partial charge < -0.3 is 11.1 Å². The van der Waals surface area contributed by atoms with Crippen molar-refractivity contribution in [3.8, 4) is 0 Å². The Kier molecular flexibility index (Phi) is 4.95. The highest BCUT2D eigenvalue weighted by molar-refractivity contribution is 7.80. The summed E-state index contributed by atoms with van der Waals surface area (Å²) in [5.74, 6) is 0.896. The first-order valence-electron chi connectivity index (χ1n) is 6.93. The zero-order valence-electron chi connectivity index (χ0n) is 10.9. The van der Waals surface area contributed by atoms with Crippen molar-refractivity contribution in [2.45, 2.75) is 44.6 Å². The largest absolute Gasteiger partial charge is 0.392 e. The molecule has 102 valence electrons. The molecule has 0 spiro atoms. The van der Waals surface area contributed by atoms with Crippen LogP contribution in [0, 0.1) is 5.92 Å². The SMILES string of the molecule is NC(=S)CN1CCC(NC(=O)CC2CCC2)CC1. The summed E-state index contributed by atoms with van der Waals surface area (Å²) in [5, 5.41) is 3.16. The summed E-state index contributed by atoms with van der Waals surface area (Å²) < 4.78 is 0. The number of nitrogens with zero attached hydrogens (tertiary/aromatic N) is 1. The lowest BCUT2D eigenvalue weighted by Gasteiger charge is -2.32. The molecule has 0 atom stereocenters. The molecule has 1 aliphatic carbocycles. The molecule has 0 bridgehead atoms. The minimum atomic E-state index is 0.243. The van der Waals surface area contributed by atoms with Gasteiger partial charge in [0, 0.05) is 32.1 Å². The maximum absolute atomic E-state index is 11.8. The molecule has 1 heterocycles. The summed E-state index contributed by atoms with van der Waals surface area (Å²) in [7, 11) is 0. The maximum Gasteiger partial charge on any atom is 0.220 e. The molecule has 3 N–H and O–H groups in total. The first-order chi connectivity index (χ1) is 8.63. The lowest BCUT2D eigenvalue weighted by Crippen LogP contribution is -2.46. The van der Waals surface area contributed by atoms with Gasteiger partial charge >= 0.3 is 0 Å². The van der Waals surface area contributed by atoms with Gasteiger partial charge in [-0.3, -0.25) is 9.69 Å². The third kappa shape index (κ3) is 4.21. The van der Waals surface area contributed by atoms with Crippen LogP contribution in [-0.4, -0.2) is 41.5 Å². The fourth-order valence-corrected chi connectivity index (χ4v) is 2.88. The molecular formula is C13H23N3OS. The van der Waals surface area contributed by atoms with Crippen LogP contribution in [0.3, 0.4) is 0 Å². The first kappa shape index (κ1) is 13.7. The van der Waals surface area contributed by atoms with Gasteiger partial charge in [-0.15, -0.1) is 0 Å². The zero-order chi connectivity index (χ0) is 13.0. The van der Waals surface area contributed by atoms with Crippen molar-refractivity contribution >= 4 is 23.1 Å². The van der Waals surface area contributed by atoms with Gasteiger partial charge in [-0.2, -0.15) is 0 Å². The van der Waals surface area contributed by atoms with Gasteiger partial charge in [-0.1, -0.05) is 18.6 Å². The van der Waals surface area contributed by atoms with Crippen LogP contribution in [0.2, 0.25) is 0 Å². The highest BCUT2D eigenvalue weighted by Crippen LogP contribution is 2.29. The Morgan fingerprint density at radius 2 is 1.94 bits per heavy atom. The van der Waals surface area contributed by atoms with E-state index in [2.05, 4.69) is 10.2 Å². The van der Waals surface area contributed by atoms with Crippen molar-refractivity contribution < 1.29 is 4.79 Å². The van der Waals surface area contributed by atoms with Crippen molar-refractivity contribution in [1.29, 1.82) is 0 Å². The fourth-order valence-electron chi connectivity index (χ4n) is 2.70. The maximum atomic E-state index is 11.8. The Morgan fingerprint density at radius 3 is 2.44 bits per heavy atom. The van der Waals surface area contributed by atoms with Crippen LogP contribution in [0.15, 0.2) is 0 Å². The van der Waals surface area contributed by atoms with Crippen LogP contribution in [0.1, 0.15) is 38.5 Å². The molecular weight excluding hydrogens is 246 g/mol. The molecule has 2 fully saturated rings. The Morgan fingerprint density at radius 1 is 1.28 bits per heavy atom. The van der Waals surface area contributed by atoms with Crippen LogP contribution in [-0.2, 0) is 4.79 Å². The Hall–Kier alpha value is -0.680. The van der Waals surface area contributed by atoms with E-state index in [0.29, 0.717) is 23.5 Å². The molecule has 18 heavy (non-hydrogen) atoms. The van der Waals surface area contributed by atoms with Crippen molar-refractivity contribution in [1.82, 2.24) is 10.2 Å². The van der Waals surface area contributed by atoms with Crippen molar-refractivity contribution in [2.75, 3.05) is 19.6 Å². The minimum absolute atomic E-state index is 0.243. The Balaban J connectivity index is 1.63. The average Bonchev–Trinajstić information content (AvgIpc) is 2.26. The van der Waals surface area contributed by atoms with Crippen molar-refractivity contribution in [3.63, 3.8) is 0 Å². The van der Waals surface area contributed by atoms with Crippen LogP contribution in [0.25, 0.3) is 0 Å². The Bertz CT molecular complexity index is 309. The van der Waals surface area contributed by atoms with Gasteiger partial charge in [0.2, 0.25) is 5.91 Å². The van der Waals surface area contributed by atoms with Crippen LogP contribution in [0.5, 0.6) is 0 Å². The van der Waals surface area contributed by atoms with E-state index < -0.39 is 0 Å². The normalized spacial score (nSPS) is 22.4. The van der Waals surface area contributed by atoms with E-state index in [1.807, 2.05) is 0 Å². The fraction of sp³-hybridized carbons (Fsp3) is 0.846. The molecule has 1 saturated carbocycles. The standard InChI is InChI=1S/C13H23N3OS/c14-12(18)9-16-6-4-11(5-7-16)15-13(17)8-10-2-1-3-10/h10-11H,1-9H2,(H2,14,18)(H,15,17). The van der Waals surface area contributed by atoms with Crippen molar-refractivity contribution in [2.24, 2.45) is 11.7 Å². The number of hydrogen-bond donors (Lipinski definition) is 2. The van der Waals surface area contributed by atoms with E-state index >= 15 is 0 Å². The summed E-state index contributed by atoms with van der Waals surface area (Å²) in [6.07, 6.45) is 6.53. The van der Waals surface area contributed by atoms with E-state index in [9.17, 15) is 4.79 Å². The number of piperidine rings is 1. The van der Waals surface area contributed by atoms with E-state index in [-0.39, 0.29) is 5.91 Å². The van der Waals surface area contributed by atoms with E-state index in [1.54, 1.807) is 0 Å². The number of nitrogens with two attached hydrogens (primary N) is 1. The molecule has 0 aromatic carbocycles. The smallest absolute Gasteiger partial charge is 0.220 e. The average molecular weight is 269 g/mol. The molecule has 0 aromatic rings. The summed E-state index contributed by atoms with van der Waals surface area (Å²) in [5.41, 5.74) is 5.54. The number of carbonyl (C=O) groups excluding carboxylic acids is 1. The summed E-state index contributed by atoms with van der Waals surface area (Å²) in [6.45, 7) is 2.66. The summed E-state index contributed by atoms with van der Waals surface area (Å²) in [4.78, 5) is 14.6. The zero-order valence-corrected chi connectivity index (χ0v) is 11.7. The molecule has 2 aliphatic rings. The summed E-state index contributed by atoms with van der Waals surface area (Å²) >= 11 is 4.91. The topological polar surface area (TPSA) is 58.4 Å². The number of amides is 1. The number of nitrogens with one attached hydrogen (secondary N) is 1. The minimum Gasteiger partial charge on any atom is -0.392 e. The predicted molar refractivity (Wildman–Crippen MR) is 76.3 cm³/mol. The highest BCUT2D eigenvalue weighted by Gasteiger charge is 2.24. The van der Waals surface area contributed by atoms with Gasteiger partial charge in [-0.25, -0.2) is 0 Å². The third-order valence-electron chi connectivity index (χ3n) is 4.03. The second-order valence-electron chi connectivity index (χ2n) is 5.59. The van der Waals surface area contributed by atoms with Crippen LogP contribution < -0.4 is 11.1 Å². The lowest BCUT2D eigenvalue weighted by atomic mass is 9.83.